The van der Waals surface area contributed by atoms with Gasteiger partial charge in [-0.3, -0.25) is 0 Å². The van der Waals surface area contributed by atoms with Gasteiger partial charge in [-0.15, -0.1) is 0 Å². The highest BCUT2D eigenvalue weighted by molar-refractivity contribution is 5.92. The molecule has 1 fully saturated rings. The Bertz CT molecular complexity index is 657. The van der Waals surface area contributed by atoms with Crippen LogP contribution in [0.2, 0.25) is 0 Å². The second kappa shape index (κ2) is 5.85. The number of aromatic carboxylic acids is 1. The number of fused-ring (bicyclic) bond motifs is 1. The van der Waals surface area contributed by atoms with Gasteiger partial charge in [0.05, 0.1) is 29.2 Å². The summed E-state index contributed by atoms with van der Waals surface area (Å²) in [5.74, 6) is 0.105. The average molecular weight is 288 g/mol. The largest absolute Gasteiger partial charge is 0.478 e. The van der Waals surface area contributed by atoms with Gasteiger partial charge in [0.2, 0.25) is 0 Å². The van der Waals surface area contributed by atoms with Gasteiger partial charge in [-0.25, -0.2) is 9.78 Å². The summed E-state index contributed by atoms with van der Waals surface area (Å²) in [5, 5.41) is 9.10. The predicted octanol–water partition coefficient (Wildman–Crippen LogP) is 2.87. The van der Waals surface area contributed by atoms with Gasteiger partial charge in [-0.1, -0.05) is 6.92 Å². The van der Waals surface area contributed by atoms with Crippen LogP contribution in [0.4, 0.5) is 0 Å². The van der Waals surface area contributed by atoms with Crippen molar-refractivity contribution in [3.63, 3.8) is 0 Å². The molecule has 0 amide bonds. The van der Waals surface area contributed by atoms with Gasteiger partial charge >= 0.3 is 5.97 Å². The van der Waals surface area contributed by atoms with E-state index < -0.39 is 5.97 Å². The minimum Gasteiger partial charge on any atom is -0.478 e. The van der Waals surface area contributed by atoms with Crippen molar-refractivity contribution in [3.8, 4) is 0 Å². The molecule has 1 unspecified atom stereocenters. The van der Waals surface area contributed by atoms with E-state index in [1.807, 2.05) is 6.07 Å². The first-order chi connectivity index (χ1) is 10.2. The van der Waals surface area contributed by atoms with Crippen LogP contribution in [0.3, 0.4) is 0 Å². The lowest BCUT2D eigenvalue weighted by Crippen LogP contribution is -2.17. The molecule has 1 aromatic carbocycles. The number of aryl methyl sites for hydroxylation is 1. The average Bonchev–Trinajstić information content (AvgIpc) is 3.08. The van der Waals surface area contributed by atoms with Crippen LogP contribution in [-0.4, -0.2) is 33.3 Å². The van der Waals surface area contributed by atoms with Crippen LogP contribution in [0.5, 0.6) is 0 Å². The molecule has 0 radical (unpaired) electrons. The van der Waals surface area contributed by atoms with Crippen molar-refractivity contribution in [1.82, 2.24) is 9.55 Å². The smallest absolute Gasteiger partial charge is 0.335 e. The van der Waals surface area contributed by atoms with E-state index >= 15 is 0 Å². The van der Waals surface area contributed by atoms with Crippen LogP contribution >= 0.6 is 0 Å². The summed E-state index contributed by atoms with van der Waals surface area (Å²) in [6.07, 6.45) is 4.35. The van der Waals surface area contributed by atoms with Gasteiger partial charge in [0.15, 0.2) is 0 Å². The first kappa shape index (κ1) is 14.1. The normalized spacial score (nSPS) is 18.4. The standard InChI is InChI=1S/C16H20N2O3/c1-2-4-15-17-13-9-11(16(19)20)6-7-14(13)18(15)10-12-5-3-8-21-12/h6-7,9,12H,2-5,8,10H2,1H3,(H,19,20). The Hall–Kier alpha value is -1.88. The van der Waals surface area contributed by atoms with Crippen LogP contribution in [0.15, 0.2) is 18.2 Å². The number of hydrogen-bond donors (Lipinski definition) is 1. The minimum absolute atomic E-state index is 0.247. The Morgan fingerprint density at radius 1 is 1.52 bits per heavy atom. The number of carbonyl (C=O) groups is 1. The molecule has 0 bridgehead atoms. The van der Waals surface area contributed by atoms with Gasteiger partial charge in [-0.2, -0.15) is 0 Å². The van der Waals surface area contributed by atoms with Crippen LogP contribution < -0.4 is 0 Å². The van der Waals surface area contributed by atoms with Crippen molar-refractivity contribution in [1.29, 1.82) is 0 Å². The highest BCUT2D eigenvalue weighted by atomic mass is 16.5. The third-order valence-corrected chi connectivity index (χ3v) is 3.96. The fraction of sp³-hybridized carbons (Fsp3) is 0.500. The number of nitrogens with zero attached hydrogens (tertiary/aromatic N) is 2. The van der Waals surface area contributed by atoms with Gasteiger partial charge in [0.25, 0.3) is 0 Å². The first-order valence-electron chi connectivity index (χ1n) is 7.53. The molecule has 2 aromatic rings. The molecule has 1 aliphatic rings. The van der Waals surface area contributed by atoms with E-state index in [0.29, 0.717) is 0 Å². The van der Waals surface area contributed by atoms with Crippen molar-refractivity contribution in [2.24, 2.45) is 0 Å². The maximum Gasteiger partial charge on any atom is 0.335 e. The number of carboxylic acids is 1. The van der Waals surface area contributed by atoms with E-state index in [1.165, 1.54) is 0 Å². The van der Waals surface area contributed by atoms with Crippen LogP contribution in [-0.2, 0) is 17.7 Å². The van der Waals surface area contributed by atoms with Crippen molar-refractivity contribution in [2.75, 3.05) is 6.61 Å². The molecule has 1 aromatic heterocycles. The molecule has 3 rings (SSSR count). The monoisotopic (exact) mass is 288 g/mol. The van der Waals surface area contributed by atoms with Crippen molar-refractivity contribution in [3.05, 3.63) is 29.6 Å². The number of imidazole rings is 1. The van der Waals surface area contributed by atoms with Gasteiger partial charge in [-0.05, 0) is 37.5 Å². The molecule has 1 N–H and O–H groups in total. The van der Waals surface area contributed by atoms with Gasteiger partial charge in [0.1, 0.15) is 5.82 Å². The number of hydrogen-bond acceptors (Lipinski definition) is 3. The number of benzene rings is 1. The van der Waals surface area contributed by atoms with E-state index in [9.17, 15) is 4.79 Å². The Morgan fingerprint density at radius 3 is 3.05 bits per heavy atom. The zero-order valence-electron chi connectivity index (χ0n) is 12.2. The Balaban J connectivity index is 2.01. The molecule has 0 aliphatic carbocycles. The molecule has 0 saturated carbocycles. The summed E-state index contributed by atoms with van der Waals surface area (Å²) < 4.78 is 7.92. The fourth-order valence-electron chi connectivity index (χ4n) is 2.92. The van der Waals surface area contributed by atoms with E-state index in [-0.39, 0.29) is 11.7 Å². The summed E-state index contributed by atoms with van der Waals surface area (Å²) in [6, 6.07) is 5.16. The molecule has 5 nitrogen and oxygen atoms in total. The lowest BCUT2D eigenvalue weighted by Gasteiger charge is -2.14. The summed E-state index contributed by atoms with van der Waals surface area (Å²) in [4.78, 5) is 15.7. The van der Waals surface area contributed by atoms with Gasteiger partial charge < -0.3 is 14.4 Å². The number of carboxylic acid groups (broad SMARTS) is 1. The van der Waals surface area contributed by atoms with E-state index in [1.54, 1.807) is 12.1 Å². The summed E-state index contributed by atoms with van der Waals surface area (Å²) in [5.41, 5.74) is 2.04. The first-order valence-corrected chi connectivity index (χ1v) is 7.53. The zero-order chi connectivity index (χ0) is 14.8. The summed E-state index contributed by atoms with van der Waals surface area (Å²) in [7, 11) is 0. The van der Waals surface area contributed by atoms with Gasteiger partial charge in [0, 0.05) is 13.0 Å². The second-order valence-corrected chi connectivity index (χ2v) is 5.53. The van der Waals surface area contributed by atoms with E-state index in [0.717, 1.165) is 55.7 Å². The molecule has 0 spiro atoms. The molecule has 1 atom stereocenters. The fourth-order valence-corrected chi connectivity index (χ4v) is 2.92. The molecule has 1 aliphatic heterocycles. The van der Waals surface area contributed by atoms with E-state index in [2.05, 4.69) is 16.5 Å². The topological polar surface area (TPSA) is 64.3 Å². The van der Waals surface area contributed by atoms with Crippen LogP contribution in [0.25, 0.3) is 11.0 Å². The maximum absolute atomic E-state index is 11.1. The lowest BCUT2D eigenvalue weighted by atomic mass is 10.2. The van der Waals surface area contributed by atoms with Crippen LogP contribution in [0.1, 0.15) is 42.4 Å². The summed E-state index contributed by atoms with van der Waals surface area (Å²) >= 11 is 0. The van der Waals surface area contributed by atoms with Crippen molar-refractivity contribution < 1.29 is 14.6 Å². The Morgan fingerprint density at radius 2 is 2.38 bits per heavy atom. The predicted molar refractivity (Wildman–Crippen MR) is 79.7 cm³/mol. The molecule has 5 heteroatoms. The minimum atomic E-state index is -0.914. The van der Waals surface area contributed by atoms with E-state index in [4.69, 9.17) is 9.84 Å². The number of rotatable bonds is 5. The SMILES string of the molecule is CCCc1nc2cc(C(=O)O)ccc2n1CC1CCCO1. The Kier molecular flexibility index (Phi) is 3.92. The van der Waals surface area contributed by atoms with Crippen molar-refractivity contribution in [2.45, 2.75) is 45.3 Å². The second-order valence-electron chi connectivity index (χ2n) is 5.53. The molecule has 1 saturated heterocycles. The third kappa shape index (κ3) is 2.78. The highest BCUT2D eigenvalue weighted by Gasteiger charge is 2.20. The molecule has 112 valence electrons. The molecule has 21 heavy (non-hydrogen) atoms. The highest BCUT2D eigenvalue weighted by Crippen LogP contribution is 2.22. The molecule has 2 heterocycles. The zero-order valence-corrected chi connectivity index (χ0v) is 12.2. The quantitative estimate of drug-likeness (QED) is 0.918. The molecular formula is C16H20N2O3. The third-order valence-electron chi connectivity index (χ3n) is 3.96. The van der Waals surface area contributed by atoms with Crippen LogP contribution in [0, 0.1) is 0 Å². The number of ether oxygens (including phenoxy) is 1. The number of aromatic nitrogens is 2. The Labute approximate surface area is 123 Å². The summed E-state index contributed by atoms with van der Waals surface area (Å²) in [6.45, 7) is 3.76. The van der Waals surface area contributed by atoms with Crippen molar-refractivity contribution >= 4 is 17.0 Å². The lowest BCUT2D eigenvalue weighted by molar-refractivity contribution is 0.0697. The maximum atomic E-state index is 11.1. The molecular weight excluding hydrogens is 268 g/mol.